The van der Waals surface area contributed by atoms with Gasteiger partial charge in [0.05, 0.1) is 34.8 Å². The SMILES string of the molecule is Cn1c(=O)c(C(=O)NCc2ccc(C#N)cc2)cc2ccnc(OCC3(SC4COC4)CC3)c21. The largest absolute Gasteiger partial charge is 0.475 e. The van der Waals surface area contributed by atoms with Gasteiger partial charge >= 0.3 is 0 Å². The molecule has 1 saturated carbocycles. The Morgan fingerprint density at radius 3 is 2.74 bits per heavy atom. The summed E-state index contributed by atoms with van der Waals surface area (Å²) >= 11 is 1.93. The summed E-state index contributed by atoms with van der Waals surface area (Å²) in [5.41, 5.74) is 1.60. The molecule has 1 aliphatic heterocycles. The van der Waals surface area contributed by atoms with Crippen LogP contribution in [0.3, 0.4) is 0 Å². The zero-order valence-corrected chi connectivity index (χ0v) is 19.6. The van der Waals surface area contributed by atoms with E-state index in [9.17, 15) is 9.59 Å². The number of aromatic nitrogens is 2. The van der Waals surface area contributed by atoms with Gasteiger partial charge in [-0.15, -0.1) is 11.8 Å². The van der Waals surface area contributed by atoms with Gasteiger partial charge in [0.1, 0.15) is 17.7 Å². The van der Waals surface area contributed by atoms with Crippen molar-refractivity contribution in [1.82, 2.24) is 14.9 Å². The van der Waals surface area contributed by atoms with Crippen molar-refractivity contribution in [3.63, 3.8) is 0 Å². The minimum Gasteiger partial charge on any atom is -0.475 e. The van der Waals surface area contributed by atoms with Crippen molar-refractivity contribution in [3.05, 3.63) is 69.6 Å². The van der Waals surface area contributed by atoms with E-state index in [-0.39, 0.29) is 16.9 Å². The molecule has 9 heteroatoms. The van der Waals surface area contributed by atoms with Gasteiger partial charge in [-0.2, -0.15) is 5.26 Å². The maximum Gasteiger partial charge on any atom is 0.263 e. The van der Waals surface area contributed by atoms with Gasteiger partial charge in [0.25, 0.3) is 11.5 Å². The Balaban J connectivity index is 1.33. The fourth-order valence-electron chi connectivity index (χ4n) is 3.92. The van der Waals surface area contributed by atoms with Crippen LogP contribution >= 0.6 is 11.8 Å². The minimum absolute atomic E-state index is 0.0556. The number of hydrogen-bond donors (Lipinski definition) is 1. The number of fused-ring (bicyclic) bond motifs is 1. The molecule has 2 fully saturated rings. The van der Waals surface area contributed by atoms with Gasteiger partial charge in [0.15, 0.2) is 0 Å². The predicted octanol–water partition coefficient (Wildman–Crippen LogP) is 2.78. The molecule has 1 amide bonds. The molecular formula is C25H24N4O4S. The topological polar surface area (TPSA) is 106 Å². The molecule has 174 valence electrons. The number of rotatable bonds is 8. The third kappa shape index (κ3) is 4.52. The number of aryl methyl sites for hydroxylation is 1. The Bertz CT molecular complexity index is 1340. The zero-order chi connectivity index (χ0) is 23.7. The first-order valence-electron chi connectivity index (χ1n) is 11.1. The highest BCUT2D eigenvalue weighted by molar-refractivity contribution is 8.01. The molecule has 0 spiro atoms. The van der Waals surface area contributed by atoms with Crippen molar-refractivity contribution in [2.45, 2.75) is 29.4 Å². The summed E-state index contributed by atoms with van der Waals surface area (Å²) in [6.45, 7) is 2.37. The van der Waals surface area contributed by atoms with Crippen LogP contribution in [-0.4, -0.2) is 45.3 Å². The molecule has 0 radical (unpaired) electrons. The number of hydrogen-bond acceptors (Lipinski definition) is 7. The maximum absolute atomic E-state index is 13.0. The van der Waals surface area contributed by atoms with Gasteiger partial charge in [-0.05, 0) is 42.7 Å². The third-order valence-corrected chi connectivity index (χ3v) is 7.81. The van der Waals surface area contributed by atoms with Gasteiger partial charge < -0.3 is 19.4 Å². The molecule has 34 heavy (non-hydrogen) atoms. The fraction of sp³-hybridized carbons (Fsp3) is 0.360. The number of nitriles is 1. The molecule has 0 bridgehead atoms. The fourth-order valence-corrected chi connectivity index (χ4v) is 5.42. The van der Waals surface area contributed by atoms with Crippen molar-refractivity contribution >= 4 is 28.6 Å². The average Bonchev–Trinajstić information content (AvgIpc) is 3.61. The standard InChI is InChI=1S/C25H24N4O4S/c1-29-21-18(6-9-27-23(21)33-15-25(7-8-25)34-19-13-32-14-19)10-20(24(29)31)22(30)28-12-17-4-2-16(11-26)3-5-17/h2-6,9-10,19H,7-8,12-15H2,1H3,(H,28,30). The Labute approximate surface area is 200 Å². The number of ether oxygens (including phenoxy) is 2. The molecule has 8 nitrogen and oxygen atoms in total. The summed E-state index contributed by atoms with van der Waals surface area (Å²) in [7, 11) is 1.63. The number of nitrogens with one attached hydrogen (secondary N) is 1. The smallest absolute Gasteiger partial charge is 0.263 e. The second-order valence-electron chi connectivity index (χ2n) is 8.72. The number of amides is 1. The van der Waals surface area contributed by atoms with Gasteiger partial charge in [-0.3, -0.25) is 9.59 Å². The molecule has 1 N–H and O–H groups in total. The molecule has 0 atom stereocenters. The van der Waals surface area contributed by atoms with Crippen molar-refractivity contribution in [3.8, 4) is 11.9 Å². The monoisotopic (exact) mass is 476 g/mol. The Morgan fingerprint density at radius 2 is 2.09 bits per heavy atom. The average molecular weight is 477 g/mol. The molecule has 3 heterocycles. The van der Waals surface area contributed by atoms with E-state index in [4.69, 9.17) is 14.7 Å². The molecule has 1 aliphatic carbocycles. The summed E-state index contributed by atoms with van der Waals surface area (Å²) in [4.78, 5) is 30.2. The van der Waals surface area contributed by atoms with Crippen LogP contribution in [0.4, 0.5) is 0 Å². The number of benzene rings is 1. The molecule has 0 unspecified atom stereocenters. The zero-order valence-electron chi connectivity index (χ0n) is 18.7. The highest BCUT2D eigenvalue weighted by Crippen LogP contribution is 2.51. The first kappa shape index (κ1) is 22.4. The van der Waals surface area contributed by atoms with E-state index in [2.05, 4.69) is 16.4 Å². The van der Waals surface area contributed by atoms with Crippen LogP contribution in [0.5, 0.6) is 5.88 Å². The van der Waals surface area contributed by atoms with E-state index in [0.717, 1.165) is 31.6 Å². The number of carbonyl (C=O) groups excluding carboxylic acids is 1. The van der Waals surface area contributed by atoms with Crippen LogP contribution in [0.1, 0.15) is 34.3 Å². The number of pyridine rings is 2. The van der Waals surface area contributed by atoms with E-state index < -0.39 is 11.5 Å². The summed E-state index contributed by atoms with van der Waals surface area (Å²) in [6.07, 6.45) is 3.83. The lowest BCUT2D eigenvalue weighted by atomic mass is 10.1. The molecular weight excluding hydrogens is 452 g/mol. The minimum atomic E-state index is -0.456. The van der Waals surface area contributed by atoms with E-state index >= 15 is 0 Å². The van der Waals surface area contributed by atoms with Crippen LogP contribution < -0.4 is 15.6 Å². The lowest BCUT2D eigenvalue weighted by molar-refractivity contribution is 0.0450. The number of carbonyl (C=O) groups is 1. The first-order chi connectivity index (χ1) is 16.5. The summed E-state index contributed by atoms with van der Waals surface area (Å²) in [5.74, 6) is -0.0550. The van der Waals surface area contributed by atoms with Crippen molar-refractivity contribution in [1.29, 1.82) is 5.26 Å². The number of nitrogens with zero attached hydrogens (tertiary/aromatic N) is 3. The second-order valence-corrected chi connectivity index (χ2v) is 10.5. The lowest BCUT2D eigenvalue weighted by Crippen LogP contribution is -2.34. The van der Waals surface area contributed by atoms with Gasteiger partial charge in [0, 0.05) is 25.2 Å². The van der Waals surface area contributed by atoms with Crippen molar-refractivity contribution < 1.29 is 14.3 Å². The Kier molecular flexibility index (Phi) is 6.02. The van der Waals surface area contributed by atoms with Crippen LogP contribution in [0, 0.1) is 11.3 Å². The third-order valence-electron chi connectivity index (χ3n) is 6.18. The van der Waals surface area contributed by atoms with Gasteiger partial charge in [-0.1, -0.05) is 12.1 Å². The molecule has 2 aromatic heterocycles. The molecule has 1 saturated heterocycles. The molecule has 5 rings (SSSR count). The molecule has 1 aromatic carbocycles. The normalized spacial score (nSPS) is 16.5. The Hall–Kier alpha value is -3.35. The maximum atomic E-state index is 13.0. The summed E-state index contributed by atoms with van der Waals surface area (Å²) in [6, 6.07) is 12.3. The van der Waals surface area contributed by atoms with E-state index in [0.29, 0.717) is 34.2 Å². The predicted molar refractivity (Wildman–Crippen MR) is 129 cm³/mol. The van der Waals surface area contributed by atoms with E-state index in [1.54, 1.807) is 49.6 Å². The van der Waals surface area contributed by atoms with Crippen molar-refractivity contribution in [2.75, 3.05) is 19.8 Å². The molecule has 3 aromatic rings. The quantitative estimate of drug-likeness (QED) is 0.533. The van der Waals surface area contributed by atoms with E-state index in [1.807, 2.05) is 11.8 Å². The summed E-state index contributed by atoms with van der Waals surface area (Å²) in [5, 5.41) is 12.9. The summed E-state index contributed by atoms with van der Waals surface area (Å²) < 4.78 is 12.9. The van der Waals surface area contributed by atoms with Crippen molar-refractivity contribution in [2.24, 2.45) is 7.05 Å². The lowest BCUT2D eigenvalue weighted by Gasteiger charge is -2.29. The van der Waals surface area contributed by atoms with Crippen LogP contribution in [0.25, 0.3) is 10.9 Å². The highest BCUT2D eigenvalue weighted by atomic mass is 32.2. The molecule has 2 aliphatic rings. The second kappa shape index (κ2) is 9.12. The first-order valence-corrected chi connectivity index (χ1v) is 12.0. The number of thioether (sulfide) groups is 1. The highest BCUT2D eigenvalue weighted by Gasteiger charge is 2.47. The van der Waals surface area contributed by atoms with Crippen LogP contribution in [0.2, 0.25) is 0 Å². The van der Waals surface area contributed by atoms with Gasteiger partial charge in [-0.25, -0.2) is 4.98 Å². The van der Waals surface area contributed by atoms with Crippen LogP contribution in [0.15, 0.2) is 47.4 Å². The van der Waals surface area contributed by atoms with Crippen LogP contribution in [-0.2, 0) is 18.3 Å². The van der Waals surface area contributed by atoms with Gasteiger partial charge in [0.2, 0.25) is 5.88 Å². The Morgan fingerprint density at radius 1 is 1.32 bits per heavy atom. The van der Waals surface area contributed by atoms with E-state index in [1.165, 1.54) is 4.57 Å².